The molecule has 6 nitrogen and oxygen atoms in total. The summed E-state index contributed by atoms with van der Waals surface area (Å²) in [5, 5.41) is 2.24. The van der Waals surface area contributed by atoms with Gasteiger partial charge in [-0.05, 0) is 6.92 Å². The number of ether oxygens (including phenoxy) is 2. The number of nitrogens with one attached hydrogen (secondary N) is 1. The van der Waals surface area contributed by atoms with E-state index in [1.165, 1.54) is 19.1 Å². The number of carbonyl (C=O) groups is 2. The van der Waals surface area contributed by atoms with E-state index in [2.05, 4.69) is 5.32 Å². The van der Waals surface area contributed by atoms with Crippen molar-refractivity contribution in [3.63, 3.8) is 0 Å². The average molecular weight is 262 g/mol. The molecular formula is C13H14N2O4. The van der Waals surface area contributed by atoms with Crippen molar-refractivity contribution in [3.05, 3.63) is 30.0 Å². The van der Waals surface area contributed by atoms with Gasteiger partial charge in [-0.2, -0.15) is 0 Å². The quantitative estimate of drug-likeness (QED) is 0.664. The minimum Gasteiger partial charge on any atom is -0.497 e. The third-order valence-electron chi connectivity index (χ3n) is 2.76. The van der Waals surface area contributed by atoms with Gasteiger partial charge in [-0.1, -0.05) is 6.08 Å². The molecule has 1 aliphatic heterocycles. The third-order valence-corrected chi connectivity index (χ3v) is 2.76. The van der Waals surface area contributed by atoms with Gasteiger partial charge in [0.15, 0.2) is 0 Å². The summed E-state index contributed by atoms with van der Waals surface area (Å²) in [5.41, 5.74) is 0.785. The Morgan fingerprint density at radius 1 is 1.11 bits per heavy atom. The van der Waals surface area contributed by atoms with Crippen LogP contribution >= 0.6 is 0 Å². The average Bonchev–Trinajstić information content (AvgIpc) is 2.71. The first-order chi connectivity index (χ1) is 9.10. The van der Waals surface area contributed by atoms with Crippen LogP contribution in [0.4, 0.5) is 10.5 Å². The van der Waals surface area contributed by atoms with Crippen molar-refractivity contribution in [1.29, 1.82) is 0 Å². The third kappa shape index (κ3) is 2.24. The van der Waals surface area contributed by atoms with E-state index in [1.807, 2.05) is 0 Å². The van der Waals surface area contributed by atoms with Crippen LogP contribution in [0.1, 0.15) is 6.92 Å². The molecule has 0 saturated carbocycles. The van der Waals surface area contributed by atoms with Crippen LogP contribution in [-0.2, 0) is 4.79 Å². The van der Waals surface area contributed by atoms with Crippen LogP contribution < -0.4 is 19.7 Å². The maximum Gasteiger partial charge on any atom is 0.333 e. The summed E-state index contributed by atoms with van der Waals surface area (Å²) in [7, 11) is 3.04. The lowest BCUT2D eigenvalue weighted by atomic mass is 10.2. The summed E-state index contributed by atoms with van der Waals surface area (Å²) >= 11 is 0. The summed E-state index contributed by atoms with van der Waals surface area (Å²) < 4.78 is 10.3. The highest BCUT2D eigenvalue weighted by atomic mass is 16.5. The summed E-state index contributed by atoms with van der Waals surface area (Å²) in [6.07, 6.45) is 1.58. The lowest BCUT2D eigenvalue weighted by Crippen LogP contribution is -2.27. The van der Waals surface area contributed by atoms with Crippen LogP contribution in [0.3, 0.4) is 0 Å². The Hall–Kier alpha value is -2.50. The molecule has 0 bridgehead atoms. The number of allylic oxidation sites excluding steroid dienone is 1. The SMILES string of the molecule is C/C=C1/C(=O)NC(=O)N1c1cc(OC)cc(OC)c1. The molecule has 1 aromatic carbocycles. The smallest absolute Gasteiger partial charge is 0.333 e. The van der Waals surface area contributed by atoms with E-state index < -0.39 is 11.9 Å². The standard InChI is InChI=1S/C13H14N2O4/c1-4-11-12(16)14-13(17)15(11)8-5-9(18-2)7-10(6-8)19-3/h4-7H,1-3H3,(H,14,16,17)/b11-4-. The van der Waals surface area contributed by atoms with E-state index in [-0.39, 0.29) is 5.70 Å². The normalized spacial score (nSPS) is 16.8. The van der Waals surface area contributed by atoms with Crippen LogP contribution in [0, 0.1) is 0 Å². The van der Waals surface area contributed by atoms with Gasteiger partial charge in [0.25, 0.3) is 5.91 Å². The molecule has 1 heterocycles. The van der Waals surface area contributed by atoms with Gasteiger partial charge in [-0.3, -0.25) is 15.0 Å². The van der Waals surface area contributed by atoms with E-state index in [9.17, 15) is 9.59 Å². The van der Waals surface area contributed by atoms with Gasteiger partial charge < -0.3 is 9.47 Å². The molecule has 1 saturated heterocycles. The summed E-state index contributed by atoms with van der Waals surface area (Å²) in [5.74, 6) is 0.656. The Morgan fingerprint density at radius 3 is 2.16 bits per heavy atom. The van der Waals surface area contributed by atoms with Crippen molar-refractivity contribution in [2.45, 2.75) is 6.92 Å². The van der Waals surface area contributed by atoms with E-state index in [0.29, 0.717) is 17.2 Å². The number of anilines is 1. The van der Waals surface area contributed by atoms with E-state index in [1.54, 1.807) is 31.2 Å². The highest BCUT2D eigenvalue weighted by molar-refractivity contribution is 6.21. The van der Waals surface area contributed by atoms with Crippen molar-refractivity contribution in [2.24, 2.45) is 0 Å². The Bertz CT molecular complexity index is 544. The minimum atomic E-state index is -0.492. The molecule has 0 unspecified atom stereocenters. The minimum absolute atomic E-state index is 0.278. The molecule has 0 aromatic heterocycles. The fourth-order valence-electron chi connectivity index (χ4n) is 1.87. The Morgan fingerprint density at radius 2 is 1.68 bits per heavy atom. The van der Waals surface area contributed by atoms with Crippen molar-refractivity contribution >= 4 is 17.6 Å². The number of rotatable bonds is 3. The number of carbonyl (C=O) groups excluding carboxylic acids is 2. The molecule has 0 aliphatic carbocycles. The molecule has 0 spiro atoms. The second-order valence-corrected chi connectivity index (χ2v) is 3.84. The number of hydrogen-bond acceptors (Lipinski definition) is 4. The van der Waals surface area contributed by atoms with Crippen molar-refractivity contribution in [2.75, 3.05) is 19.1 Å². The molecule has 3 amide bonds. The largest absolute Gasteiger partial charge is 0.497 e. The van der Waals surface area contributed by atoms with Crippen LogP contribution in [-0.4, -0.2) is 26.2 Å². The van der Waals surface area contributed by atoms with E-state index in [4.69, 9.17) is 9.47 Å². The summed E-state index contributed by atoms with van der Waals surface area (Å²) in [4.78, 5) is 24.7. The predicted molar refractivity (Wildman–Crippen MR) is 69.3 cm³/mol. The molecule has 100 valence electrons. The zero-order valence-electron chi connectivity index (χ0n) is 10.9. The highest BCUT2D eigenvalue weighted by Gasteiger charge is 2.34. The van der Waals surface area contributed by atoms with Crippen molar-refractivity contribution in [1.82, 2.24) is 5.32 Å². The van der Waals surface area contributed by atoms with Gasteiger partial charge >= 0.3 is 6.03 Å². The monoisotopic (exact) mass is 262 g/mol. The number of nitrogens with zero attached hydrogens (tertiary/aromatic N) is 1. The van der Waals surface area contributed by atoms with Crippen molar-refractivity contribution in [3.8, 4) is 11.5 Å². The predicted octanol–water partition coefficient (Wildman–Crippen LogP) is 1.66. The first-order valence-electron chi connectivity index (χ1n) is 5.65. The number of hydrogen-bond donors (Lipinski definition) is 1. The molecular weight excluding hydrogens is 248 g/mol. The number of imide groups is 1. The lowest BCUT2D eigenvalue weighted by Gasteiger charge is -2.17. The van der Waals surface area contributed by atoms with Gasteiger partial charge in [0.1, 0.15) is 17.2 Å². The zero-order chi connectivity index (χ0) is 14.0. The molecule has 1 aromatic rings. The molecule has 1 aliphatic rings. The second kappa shape index (κ2) is 5.01. The molecule has 2 rings (SSSR count). The number of amides is 3. The number of benzene rings is 1. The number of methoxy groups -OCH3 is 2. The van der Waals surface area contributed by atoms with Gasteiger partial charge in [0.2, 0.25) is 0 Å². The summed E-state index contributed by atoms with van der Waals surface area (Å²) in [6.45, 7) is 1.69. The lowest BCUT2D eigenvalue weighted by molar-refractivity contribution is -0.115. The molecule has 19 heavy (non-hydrogen) atoms. The zero-order valence-corrected chi connectivity index (χ0v) is 10.9. The van der Waals surface area contributed by atoms with Crippen LogP contribution in [0.5, 0.6) is 11.5 Å². The second-order valence-electron chi connectivity index (χ2n) is 3.84. The van der Waals surface area contributed by atoms with Crippen LogP contribution in [0.2, 0.25) is 0 Å². The van der Waals surface area contributed by atoms with Crippen molar-refractivity contribution < 1.29 is 19.1 Å². The maximum absolute atomic E-state index is 11.8. The van der Waals surface area contributed by atoms with Crippen LogP contribution in [0.15, 0.2) is 30.0 Å². The highest BCUT2D eigenvalue weighted by Crippen LogP contribution is 2.31. The Kier molecular flexibility index (Phi) is 3.41. The fraction of sp³-hybridized carbons (Fsp3) is 0.231. The Balaban J connectivity index is 2.51. The van der Waals surface area contributed by atoms with E-state index >= 15 is 0 Å². The maximum atomic E-state index is 11.8. The fourth-order valence-corrected chi connectivity index (χ4v) is 1.87. The summed E-state index contributed by atoms with van der Waals surface area (Å²) in [6, 6.07) is 4.51. The topological polar surface area (TPSA) is 67.9 Å². The first kappa shape index (κ1) is 12.9. The molecule has 1 fully saturated rings. The van der Waals surface area contributed by atoms with E-state index in [0.717, 1.165) is 0 Å². The number of urea groups is 1. The Labute approximate surface area is 110 Å². The molecule has 1 N–H and O–H groups in total. The van der Waals surface area contributed by atoms with Crippen LogP contribution in [0.25, 0.3) is 0 Å². The van der Waals surface area contributed by atoms with Gasteiger partial charge in [-0.25, -0.2) is 4.79 Å². The molecule has 6 heteroatoms. The van der Waals surface area contributed by atoms with Gasteiger partial charge in [-0.15, -0.1) is 0 Å². The molecule has 0 atom stereocenters. The van der Waals surface area contributed by atoms with Gasteiger partial charge in [0, 0.05) is 18.2 Å². The molecule has 0 radical (unpaired) electrons. The van der Waals surface area contributed by atoms with Gasteiger partial charge in [0.05, 0.1) is 19.9 Å². The first-order valence-corrected chi connectivity index (χ1v) is 5.65.